The SMILES string of the molecule is CCCC(CCC)C(NCC)c1cc2cccc(F)c2o1. The van der Waals surface area contributed by atoms with Crippen molar-refractivity contribution in [1.29, 1.82) is 0 Å². The molecule has 1 atom stereocenters. The van der Waals surface area contributed by atoms with E-state index in [2.05, 4.69) is 26.1 Å². The van der Waals surface area contributed by atoms with E-state index in [0.717, 1.165) is 43.4 Å². The second-order valence-electron chi connectivity index (χ2n) is 5.68. The van der Waals surface area contributed by atoms with E-state index >= 15 is 0 Å². The Kier molecular flexibility index (Phi) is 5.80. The molecule has 1 N–H and O–H groups in total. The third-order valence-electron chi connectivity index (χ3n) is 4.04. The molecule has 0 radical (unpaired) electrons. The van der Waals surface area contributed by atoms with Gasteiger partial charge in [0.15, 0.2) is 11.4 Å². The second kappa shape index (κ2) is 7.60. The highest BCUT2D eigenvalue weighted by molar-refractivity contribution is 5.78. The van der Waals surface area contributed by atoms with Crippen LogP contribution in [-0.2, 0) is 0 Å². The molecule has 2 rings (SSSR count). The normalized spacial score (nSPS) is 13.2. The van der Waals surface area contributed by atoms with E-state index in [4.69, 9.17) is 4.42 Å². The molecule has 2 nitrogen and oxygen atoms in total. The van der Waals surface area contributed by atoms with Crippen molar-refractivity contribution >= 4 is 11.0 Å². The third-order valence-corrected chi connectivity index (χ3v) is 4.04. The fourth-order valence-electron chi connectivity index (χ4n) is 3.14. The Morgan fingerprint density at radius 3 is 2.43 bits per heavy atom. The van der Waals surface area contributed by atoms with Gasteiger partial charge in [-0.05, 0) is 37.4 Å². The van der Waals surface area contributed by atoms with Gasteiger partial charge in [-0.2, -0.15) is 0 Å². The van der Waals surface area contributed by atoms with E-state index in [9.17, 15) is 4.39 Å². The minimum atomic E-state index is -0.281. The first kappa shape index (κ1) is 16.0. The van der Waals surface area contributed by atoms with E-state index in [-0.39, 0.29) is 11.9 Å². The van der Waals surface area contributed by atoms with Crippen LogP contribution in [0.1, 0.15) is 58.3 Å². The number of furan rings is 1. The number of hydrogen-bond donors (Lipinski definition) is 1. The molecule has 0 bridgehead atoms. The van der Waals surface area contributed by atoms with Crippen LogP contribution in [0.15, 0.2) is 28.7 Å². The van der Waals surface area contributed by atoms with Crippen LogP contribution in [0.25, 0.3) is 11.0 Å². The largest absolute Gasteiger partial charge is 0.456 e. The summed E-state index contributed by atoms with van der Waals surface area (Å²) in [5, 5.41) is 4.38. The van der Waals surface area contributed by atoms with Crippen LogP contribution >= 0.6 is 0 Å². The Bertz CT molecular complexity index is 557. The van der Waals surface area contributed by atoms with Crippen molar-refractivity contribution in [2.24, 2.45) is 5.92 Å². The minimum Gasteiger partial charge on any atom is -0.456 e. The lowest BCUT2D eigenvalue weighted by molar-refractivity contribution is 0.284. The first-order valence-corrected chi connectivity index (χ1v) is 8.12. The summed E-state index contributed by atoms with van der Waals surface area (Å²) in [6, 6.07) is 7.25. The van der Waals surface area contributed by atoms with Crippen LogP contribution in [0.3, 0.4) is 0 Å². The van der Waals surface area contributed by atoms with Gasteiger partial charge >= 0.3 is 0 Å². The van der Waals surface area contributed by atoms with Gasteiger partial charge in [-0.3, -0.25) is 0 Å². The van der Waals surface area contributed by atoms with Gasteiger partial charge in [0.25, 0.3) is 0 Å². The molecule has 0 aliphatic carbocycles. The second-order valence-corrected chi connectivity index (χ2v) is 5.68. The Morgan fingerprint density at radius 1 is 1.14 bits per heavy atom. The molecule has 0 aliphatic heterocycles. The molecule has 2 aromatic rings. The zero-order valence-corrected chi connectivity index (χ0v) is 13.3. The molecule has 0 saturated carbocycles. The molecule has 1 aromatic carbocycles. The fourth-order valence-corrected chi connectivity index (χ4v) is 3.14. The number of fused-ring (bicyclic) bond motifs is 1. The highest BCUT2D eigenvalue weighted by atomic mass is 19.1. The molecule has 0 saturated heterocycles. The Hall–Kier alpha value is -1.35. The summed E-state index contributed by atoms with van der Waals surface area (Å²) in [5.41, 5.74) is 0.377. The molecule has 116 valence electrons. The van der Waals surface area contributed by atoms with Gasteiger partial charge in [0, 0.05) is 5.39 Å². The zero-order valence-electron chi connectivity index (χ0n) is 13.3. The van der Waals surface area contributed by atoms with Crippen molar-refractivity contribution in [1.82, 2.24) is 5.32 Å². The first-order valence-electron chi connectivity index (χ1n) is 8.12. The fraction of sp³-hybridized carbons (Fsp3) is 0.556. The molecular weight excluding hydrogens is 265 g/mol. The molecule has 1 heterocycles. The molecule has 1 unspecified atom stereocenters. The summed E-state index contributed by atoms with van der Waals surface area (Å²) < 4.78 is 19.7. The van der Waals surface area contributed by atoms with Crippen LogP contribution in [0.4, 0.5) is 4.39 Å². The highest BCUT2D eigenvalue weighted by Gasteiger charge is 2.25. The van der Waals surface area contributed by atoms with Gasteiger partial charge in [-0.25, -0.2) is 4.39 Å². The van der Waals surface area contributed by atoms with Gasteiger partial charge in [0.1, 0.15) is 5.76 Å². The summed E-state index contributed by atoms with van der Waals surface area (Å²) in [4.78, 5) is 0. The number of benzene rings is 1. The van der Waals surface area contributed by atoms with Gasteiger partial charge in [0.05, 0.1) is 6.04 Å². The molecule has 3 heteroatoms. The van der Waals surface area contributed by atoms with Gasteiger partial charge < -0.3 is 9.73 Å². The number of rotatable bonds is 8. The van der Waals surface area contributed by atoms with Crippen molar-refractivity contribution in [3.8, 4) is 0 Å². The molecule has 1 aromatic heterocycles. The van der Waals surface area contributed by atoms with Crippen LogP contribution in [0.2, 0.25) is 0 Å². The number of para-hydroxylation sites is 1. The lowest BCUT2D eigenvalue weighted by Crippen LogP contribution is -2.28. The van der Waals surface area contributed by atoms with Crippen LogP contribution in [0, 0.1) is 11.7 Å². The summed E-state index contributed by atoms with van der Waals surface area (Å²) in [6.07, 6.45) is 4.62. The quantitative estimate of drug-likeness (QED) is 0.700. The highest BCUT2D eigenvalue weighted by Crippen LogP contribution is 2.33. The van der Waals surface area contributed by atoms with Crippen molar-refractivity contribution in [3.63, 3.8) is 0 Å². The lowest BCUT2D eigenvalue weighted by atomic mass is 9.89. The van der Waals surface area contributed by atoms with Crippen molar-refractivity contribution < 1.29 is 8.81 Å². The first-order chi connectivity index (χ1) is 10.2. The Morgan fingerprint density at radius 2 is 1.86 bits per heavy atom. The molecule has 0 amide bonds. The molecule has 0 aliphatic rings. The maximum absolute atomic E-state index is 13.8. The van der Waals surface area contributed by atoms with Crippen molar-refractivity contribution in [3.05, 3.63) is 35.8 Å². The van der Waals surface area contributed by atoms with Crippen LogP contribution in [0.5, 0.6) is 0 Å². The minimum absolute atomic E-state index is 0.168. The van der Waals surface area contributed by atoms with Crippen LogP contribution < -0.4 is 5.32 Å². The van der Waals surface area contributed by atoms with Crippen molar-refractivity contribution in [2.45, 2.75) is 52.5 Å². The topological polar surface area (TPSA) is 25.2 Å². The van der Waals surface area contributed by atoms with E-state index in [0.29, 0.717) is 11.5 Å². The average molecular weight is 291 g/mol. The number of hydrogen-bond acceptors (Lipinski definition) is 2. The summed E-state index contributed by atoms with van der Waals surface area (Å²) in [6.45, 7) is 7.41. The number of nitrogens with one attached hydrogen (secondary N) is 1. The summed E-state index contributed by atoms with van der Waals surface area (Å²) >= 11 is 0. The summed E-state index contributed by atoms with van der Waals surface area (Å²) in [7, 11) is 0. The Balaban J connectivity index is 2.36. The average Bonchev–Trinajstić information content (AvgIpc) is 2.90. The Labute approximate surface area is 126 Å². The molecule has 0 fully saturated rings. The third kappa shape index (κ3) is 3.65. The maximum Gasteiger partial charge on any atom is 0.169 e. The van der Waals surface area contributed by atoms with Crippen molar-refractivity contribution in [2.75, 3.05) is 6.54 Å². The summed E-state index contributed by atoms with van der Waals surface area (Å²) in [5.74, 6) is 1.11. The van der Waals surface area contributed by atoms with Crippen LogP contribution in [-0.4, -0.2) is 6.54 Å². The van der Waals surface area contributed by atoms with E-state index in [1.807, 2.05) is 12.1 Å². The lowest BCUT2D eigenvalue weighted by Gasteiger charge is -2.25. The molecular formula is C18H26FNO. The van der Waals surface area contributed by atoms with Gasteiger partial charge in [0.2, 0.25) is 0 Å². The standard InChI is InChI=1S/C18H26FNO/c1-4-8-13(9-5-2)17(20-6-3)16-12-14-10-7-11-15(19)18(14)21-16/h7,10-13,17,20H,4-6,8-9H2,1-3H3. The number of halogens is 1. The van der Waals surface area contributed by atoms with Gasteiger partial charge in [-0.1, -0.05) is 45.7 Å². The zero-order chi connectivity index (χ0) is 15.2. The van der Waals surface area contributed by atoms with E-state index < -0.39 is 0 Å². The smallest absolute Gasteiger partial charge is 0.169 e. The predicted octanol–water partition coefficient (Wildman–Crippen LogP) is 5.44. The monoisotopic (exact) mass is 291 g/mol. The van der Waals surface area contributed by atoms with E-state index in [1.54, 1.807) is 6.07 Å². The van der Waals surface area contributed by atoms with Gasteiger partial charge in [-0.15, -0.1) is 0 Å². The van der Waals surface area contributed by atoms with E-state index in [1.165, 1.54) is 6.07 Å². The predicted molar refractivity (Wildman–Crippen MR) is 85.9 cm³/mol. The maximum atomic E-state index is 13.8. The molecule has 21 heavy (non-hydrogen) atoms. The molecule has 0 spiro atoms.